The molecule has 0 heterocycles. The molecule has 4 heteroatoms. The van der Waals surface area contributed by atoms with Crippen LogP contribution in [0.15, 0.2) is 0 Å². The van der Waals surface area contributed by atoms with Gasteiger partial charge in [-0.2, -0.15) is 13.2 Å². The highest BCUT2D eigenvalue weighted by Gasteiger charge is 2.27. The number of nitrogens with one attached hydrogen (secondary N) is 1. The maximum atomic E-state index is 12.0. The third kappa shape index (κ3) is 8.47. The van der Waals surface area contributed by atoms with E-state index in [0.717, 1.165) is 6.42 Å². The minimum Gasteiger partial charge on any atom is -0.317 e. The summed E-state index contributed by atoms with van der Waals surface area (Å²) in [6.45, 7) is 8.66. The van der Waals surface area contributed by atoms with Crippen molar-refractivity contribution in [2.75, 3.05) is 7.05 Å². The van der Waals surface area contributed by atoms with Gasteiger partial charge in [-0.3, -0.25) is 0 Å². The highest BCUT2D eigenvalue weighted by Crippen LogP contribution is 2.30. The molecule has 0 aromatic heterocycles. The van der Waals surface area contributed by atoms with E-state index in [-0.39, 0.29) is 17.9 Å². The monoisotopic (exact) mass is 253 g/mol. The average Bonchev–Trinajstić information content (AvgIpc) is 2.12. The third-order valence-corrected chi connectivity index (χ3v) is 3.54. The van der Waals surface area contributed by atoms with E-state index < -0.39 is 12.6 Å². The zero-order valence-corrected chi connectivity index (χ0v) is 11.6. The van der Waals surface area contributed by atoms with Gasteiger partial charge in [0.25, 0.3) is 0 Å². The summed E-state index contributed by atoms with van der Waals surface area (Å²) in [5, 5.41) is 3.12. The molecule has 0 saturated heterocycles. The summed E-state index contributed by atoms with van der Waals surface area (Å²) in [5.74, 6) is 0.492. The first kappa shape index (κ1) is 16.8. The number of alkyl halides is 3. The van der Waals surface area contributed by atoms with Crippen molar-refractivity contribution in [1.82, 2.24) is 5.32 Å². The van der Waals surface area contributed by atoms with Gasteiger partial charge in [0.2, 0.25) is 0 Å². The van der Waals surface area contributed by atoms with Gasteiger partial charge in [0.15, 0.2) is 0 Å². The molecule has 0 spiro atoms. The molecule has 0 aromatic rings. The second-order valence-corrected chi connectivity index (χ2v) is 6.00. The Kier molecular flexibility index (Phi) is 6.52. The zero-order chi connectivity index (χ0) is 13.7. The van der Waals surface area contributed by atoms with Crippen LogP contribution >= 0.6 is 0 Å². The third-order valence-electron chi connectivity index (χ3n) is 3.54. The van der Waals surface area contributed by atoms with Crippen molar-refractivity contribution in [2.45, 2.75) is 65.6 Å². The van der Waals surface area contributed by atoms with E-state index in [9.17, 15) is 13.2 Å². The van der Waals surface area contributed by atoms with E-state index >= 15 is 0 Å². The van der Waals surface area contributed by atoms with Crippen LogP contribution in [0.1, 0.15) is 53.4 Å². The first-order valence-corrected chi connectivity index (χ1v) is 6.30. The van der Waals surface area contributed by atoms with Crippen molar-refractivity contribution >= 4 is 0 Å². The molecule has 104 valence electrons. The molecular formula is C13H26F3N. The van der Waals surface area contributed by atoms with E-state index in [4.69, 9.17) is 0 Å². The van der Waals surface area contributed by atoms with Crippen LogP contribution in [-0.4, -0.2) is 19.3 Å². The smallest absolute Gasteiger partial charge is 0.317 e. The molecule has 1 nitrogen and oxygen atoms in total. The number of hydrogen-bond donors (Lipinski definition) is 1. The van der Waals surface area contributed by atoms with Crippen LogP contribution in [-0.2, 0) is 0 Å². The maximum Gasteiger partial charge on any atom is 0.389 e. The molecule has 0 amide bonds. The van der Waals surface area contributed by atoms with Gasteiger partial charge in [0.1, 0.15) is 0 Å². The summed E-state index contributed by atoms with van der Waals surface area (Å²) in [6.07, 6.45) is -2.96. The SMILES string of the molecule is CNC(CCCC(F)(F)F)CC(C)C(C)(C)C. The summed E-state index contributed by atoms with van der Waals surface area (Å²) >= 11 is 0. The first-order chi connectivity index (χ1) is 7.56. The summed E-state index contributed by atoms with van der Waals surface area (Å²) in [7, 11) is 1.83. The predicted octanol–water partition coefficient (Wildman–Crippen LogP) is 4.38. The van der Waals surface area contributed by atoms with E-state index in [0.29, 0.717) is 12.3 Å². The molecule has 0 aliphatic rings. The Hall–Kier alpha value is -0.250. The molecule has 0 bridgehead atoms. The molecule has 1 N–H and O–H groups in total. The van der Waals surface area contributed by atoms with Gasteiger partial charge in [0.05, 0.1) is 0 Å². The fourth-order valence-corrected chi connectivity index (χ4v) is 1.71. The lowest BCUT2D eigenvalue weighted by Crippen LogP contribution is -2.31. The standard InChI is InChI=1S/C13H26F3N/c1-10(12(2,3)4)9-11(17-5)7-6-8-13(14,15)16/h10-11,17H,6-9H2,1-5H3. The Morgan fingerprint density at radius 2 is 1.65 bits per heavy atom. The van der Waals surface area contributed by atoms with Crippen molar-refractivity contribution in [3.8, 4) is 0 Å². The van der Waals surface area contributed by atoms with E-state index in [2.05, 4.69) is 33.0 Å². The second-order valence-electron chi connectivity index (χ2n) is 6.00. The molecule has 0 fully saturated rings. The molecule has 0 saturated carbocycles. The molecule has 0 radical (unpaired) electrons. The van der Waals surface area contributed by atoms with Gasteiger partial charge in [0, 0.05) is 12.5 Å². The highest BCUT2D eigenvalue weighted by molar-refractivity contribution is 4.76. The van der Waals surface area contributed by atoms with Crippen molar-refractivity contribution in [2.24, 2.45) is 11.3 Å². The van der Waals surface area contributed by atoms with Gasteiger partial charge in [-0.1, -0.05) is 27.7 Å². The van der Waals surface area contributed by atoms with Crippen LogP contribution in [0.25, 0.3) is 0 Å². The minimum absolute atomic E-state index is 0.187. The van der Waals surface area contributed by atoms with Gasteiger partial charge in [-0.25, -0.2) is 0 Å². The summed E-state index contributed by atoms with van der Waals surface area (Å²) in [5.41, 5.74) is 0.207. The van der Waals surface area contributed by atoms with Crippen LogP contribution in [0.5, 0.6) is 0 Å². The van der Waals surface area contributed by atoms with Crippen molar-refractivity contribution < 1.29 is 13.2 Å². The lowest BCUT2D eigenvalue weighted by Gasteiger charge is -2.30. The second kappa shape index (κ2) is 6.62. The van der Waals surface area contributed by atoms with Crippen LogP contribution in [0.3, 0.4) is 0 Å². The first-order valence-electron chi connectivity index (χ1n) is 6.30. The summed E-state index contributed by atoms with van der Waals surface area (Å²) in [4.78, 5) is 0. The number of halogens is 3. The lowest BCUT2D eigenvalue weighted by molar-refractivity contribution is -0.135. The molecule has 0 aliphatic heterocycles. The van der Waals surface area contributed by atoms with Crippen LogP contribution in [0, 0.1) is 11.3 Å². The predicted molar refractivity (Wildman–Crippen MR) is 66.0 cm³/mol. The van der Waals surface area contributed by atoms with Crippen molar-refractivity contribution in [3.63, 3.8) is 0 Å². The molecule has 2 atom stereocenters. The Balaban J connectivity index is 4.01. The Morgan fingerprint density at radius 1 is 1.12 bits per heavy atom. The summed E-state index contributed by atoms with van der Waals surface area (Å²) in [6, 6.07) is 0.187. The van der Waals surface area contributed by atoms with E-state index in [1.165, 1.54) is 0 Å². The summed E-state index contributed by atoms with van der Waals surface area (Å²) < 4.78 is 36.1. The van der Waals surface area contributed by atoms with E-state index in [1.807, 2.05) is 7.05 Å². The quantitative estimate of drug-likeness (QED) is 0.740. The van der Waals surface area contributed by atoms with Crippen LogP contribution in [0.4, 0.5) is 13.2 Å². The Labute approximate surface area is 103 Å². The largest absolute Gasteiger partial charge is 0.389 e. The van der Waals surface area contributed by atoms with Crippen molar-refractivity contribution in [3.05, 3.63) is 0 Å². The highest BCUT2D eigenvalue weighted by atomic mass is 19.4. The van der Waals surface area contributed by atoms with Crippen LogP contribution < -0.4 is 5.32 Å². The van der Waals surface area contributed by atoms with Gasteiger partial charge >= 0.3 is 6.18 Å². The van der Waals surface area contributed by atoms with Gasteiger partial charge in [-0.05, 0) is 37.6 Å². The Bertz CT molecular complexity index is 206. The maximum absolute atomic E-state index is 12.0. The fraction of sp³-hybridized carbons (Fsp3) is 1.00. The van der Waals surface area contributed by atoms with Crippen LogP contribution in [0.2, 0.25) is 0 Å². The molecule has 0 rings (SSSR count). The molecule has 0 aliphatic carbocycles. The average molecular weight is 253 g/mol. The topological polar surface area (TPSA) is 12.0 Å². The number of rotatable bonds is 6. The fourth-order valence-electron chi connectivity index (χ4n) is 1.71. The molecule has 0 aromatic carbocycles. The zero-order valence-electron chi connectivity index (χ0n) is 11.6. The Morgan fingerprint density at radius 3 is 2.00 bits per heavy atom. The van der Waals surface area contributed by atoms with Gasteiger partial charge in [-0.15, -0.1) is 0 Å². The van der Waals surface area contributed by atoms with Crippen molar-refractivity contribution in [1.29, 1.82) is 0 Å². The normalized spacial score (nSPS) is 16.9. The van der Waals surface area contributed by atoms with Gasteiger partial charge < -0.3 is 5.32 Å². The molecule has 17 heavy (non-hydrogen) atoms. The minimum atomic E-state index is -4.02. The lowest BCUT2D eigenvalue weighted by atomic mass is 9.78. The number of hydrogen-bond acceptors (Lipinski definition) is 1. The molecule has 2 unspecified atom stereocenters. The molecular weight excluding hydrogens is 227 g/mol. The van der Waals surface area contributed by atoms with E-state index in [1.54, 1.807) is 0 Å².